The number of nitriles is 1. The summed E-state index contributed by atoms with van der Waals surface area (Å²) in [6.45, 7) is 6.92. The van der Waals surface area contributed by atoms with E-state index in [1.165, 1.54) is 18.5 Å². The third kappa shape index (κ3) is 2.86. The van der Waals surface area contributed by atoms with E-state index in [1.807, 2.05) is 20.2 Å². The largest absolute Gasteiger partial charge is 0.335 e. The van der Waals surface area contributed by atoms with E-state index in [-0.39, 0.29) is 0 Å². The van der Waals surface area contributed by atoms with Crippen molar-refractivity contribution in [2.75, 3.05) is 0 Å². The fourth-order valence-electron chi connectivity index (χ4n) is 1.95. The molecule has 1 aromatic heterocycles. The van der Waals surface area contributed by atoms with E-state index in [1.54, 1.807) is 0 Å². The number of hydrogen-bond acceptors (Lipinski definition) is 3. The number of imidazole rings is 1. The molecule has 4 nitrogen and oxygen atoms in total. The molecule has 92 valence electrons. The number of hydrogen-bond donors (Lipinski definition) is 1. The van der Waals surface area contributed by atoms with E-state index in [0.29, 0.717) is 6.04 Å². The van der Waals surface area contributed by atoms with Crippen molar-refractivity contribution in [3.05, 3.63) is 17.7 Å². The summed E-state index contributed by atoms with van der Waals surface area (Å²) < 4.78 is 2.12. The highest BCUT2D eigenvalue weighted by atomic mass is 15.1. The SMILES string of the molecule is Cc1ncn(CCC(C)(C#N)NC2CC2)c1C. The van der Waals surface area contributed by atoms with Crippen LogP contribution in [-0.4, -0.2) is 21.1 Å². The lowest BCUT2D eigenvalue weighted by Crippen LogP contribution is -2.43. The van der Waals surface area contributed by atoms with Crippen LogP contribution in [0.25, 0.3) is 0 Å². The lowest BCUT2D eigenvalue weighted by molar-refractivity contribution is 0.387. The zero-order valence-corrected chi connectivity index (χ0v) is 10.8. The van der Waals surface area contributed by atoms with Gasteiger partial charge < -0.3 is 4.57 Å². The first kappa shape index (κ1) is 12.1. The van der Waals surface area contributed by atoms with Crippen molar-refractivity contribution in [3.8, 4) is 6.07 Å². The third-order valence-corrected chi connectivity index (χ3v) is 3.54. The van der Waals surface area contributed by atoms with Gasteiger partial charge in [0, 0.05) is 18.3 Å². The Bertz CT molecular complexity index is 439. The number of nitrogens with one attached hydrogen (secondary N) is 1. The van der Waals surface area contributed by atoms with Gasteiger partial charge in [-0.3, -0.25) is 5.32 Å². The van der Waals surface area contributed by atoms with Crippen LogP contribution in [0.1, 0.15) is 37.6 Å². The Kier molecular flexibility index (Phi) is 3.21. The average Bonchev–Trinajstić information content (AvgIpc) is 3.06. The summed E-state index contributed by atoms with van der Waals surface area (Å²) >= 11 is 0. The highest BCUT2D eigenvalue weighted by Crippen LogP contribution is 2.24. The first-order valence-electron chi connectivity index (χ1n) is 6.21. The van der Waals surface area contributed by atoms with Gasteiger partial charge in [0.2, 0.25) is 0 Å². The molecule has 0 aliphatic heterocycles. The Hall–Kier alpha value is -1.34. The summed E-state index contributed by atoms with van der Waals surface area (Å²) in [5.74, 6) is 0. The van der Waals surface area contributed by atoms with Gasteiger partial charge in [-0.25, -0.2) is 4.98 Å². The van der Waals surface area contributed by atoms with Crippen molar-refractivity contribution in [3.63, 3.8) is 0 Å². The molecule has 4 heteroatoms. The molecule has 1 fully saturated rings. The van der Waals surface area contributed by atoms with Crippen LogP contribution in [0.15, 0.2) is 6.33 Å². The second-order valence-electron chi connectivity index (χ2n) is 5.22. The third-order valence-electron chi connectivity index (χ3n) is 3.54. The maximum Gasteiger partial charge on any atom is 0.105 e. The molecule has 0 bridgehead atoms. The summed E-state index contributed by atoms with van der Waals surface area (Å²) in [5, 5.41) is 12.7. The van der Waals surface area contributed by atoms with Gasteiger partial charge in [0.15, 0.2) is 0 Å². The zero-order chi connectivity index (χ0) is 12.5. The summed E-state index contributed by atoms with van der Waals surface area (Å²) in [5.41, 5.74) is 1.85. The Balaban J connectivity index is 1.95. The smallest absolute Gasteiger partial charge is 0.105 e. The van der Waals surface area contributed by atoms with E-state index >= 15 is 0 Å². The summed E-state index contributed by atoms with van der Waals surface area (Å²) in [7, 11) is 0. The number of aromatic nitrogens is 2. The lowest BCUT2D eigenvalue weighted by Gasteiger charge is -2.23. The quantitative estimate of drug-likeness (QED) is 0.844. The highest BCUT2D eigenvalue weighted by molar-refractivity contribution is 5.10. The van der Waals surface area contributed by atoms with Gasteiger partial charge in [-0.2, -0.15) is 5.26 Å². The first-order valence-corrected chi connectivity index (χ1v) is 6.21. The molecule has 0 radical (unpaired) electrons. The molecule has 1 aliphatic carbocycles. The molecule has 0 amide bonds. The van der Waals surface area contributed by atoms with Crippen molar-refractivity contribution in [1.29, 1.82) is 5.26 Å². The van der Waals surface area contributed by atoms with E-state index in [9.17, 15) is 5.26 Å². The highest BCUT2D eigenvalue weighted by Gasteiger charge is 2.32. The van der Waals surface area contributed by atoms with E-state index < -0.39 is 5.54 Å². The molecule has 1 heterocycles. The fourth-order valence-corrected chi connectivity index (χ4v) is 1.95. The molecule has 1 atom stereocenters. The molecule has 1 aliphatic rings. The molecular formula is C13H20N4. The molecule has 1 saturated carbocycles. The normalized spacial score (nSPS) is 18.7. The topological polar surface area (TPSA) is 53.6 Å². The van der Waals surface area contributed by atoms with Crippen molar-refractivity contribution < 1.29 is 0 Å². The van der Waals surface area contributed by atoms with Crippen LogP contribution in [0.5, 0.6) is 0 Å². The van der Waals surface area contributed by atoms with Crippen molar-refractivity contribution in [1.82, 2.24) is 14.9 Å². The zero-order valence-electron chi connectivity index (χ0n) is 10.8. The minimum Gasteiger partial charge on any atom is -0.335 e. The Morgan fingerprint density at radius 2 is 2.29 bits per heavy atom. The van der Waals surface area contributed by atoms with Gasteiger partial charge in [-0.1, -0.05) is 0 Å². The van der Waals surface area contributed by atoms with E-state index in [2.05, 4.69) is 27.9 Å². The Morgan fingerprint density at radius 3 is 2.76 bits per heavy atom. The van der Waals surface area contributed by atoms with Crippen molar-refractivity contribution >= 4 is 0 Å². The molecule has 0 aromatic carbocycles. The van der Waals surface area contributed by atoms with E-state index in [4.69, 9.17) is 0 Å². The molecule has 1 unspecified atom stereocenters. The number of aryl methyl sites for hydroxylation is 2. The van der Waals surface area contributed by atoms with Crippen LogP contribution in [-0.2, 0) is 6.54 Å². The minimum absolute atomic E-state index is 0.411. The average molecular weight is 232 g/mol. The van der Waals surface area contributed by atoms with Gasteiger partial charge in [-0.05, 0) is 40.0 Å². The van der Waals surface area contributed by atoms with Crippen LogP contribution < -0.4 is 5.32 Å². The summed E-state index contributed by atoms with van der Waals surface area (Å²) in [6.07, 6.45) is 5.09. The predicted octanol–water partition coefficient (Wildman–Crippen LogP) is 1.92. The Morgan fingerprint density at radius 1 is 1.59 bits per heavy atom. The number of nitrogens with zero attached hydrogens (tertiary/aromatic N) is 3. The standard InChI is InChI=1S/C13H20N4/c1-10-11(2)17(9-15-10)7-6-13(3,8-14)16-12-4-5-12/h9,12,16H,4-7H2,1-3H3. The second kappa shape index (κ2) is 4.50. The summed E-state index contributed by atoms with van der Waals surface area (Å²) in [4.78, 5) is 4.28. The second-order valence-corrected chi connectivity index (χ2v) is 5.22. The van der Waals surface area contributed by atoms with Crippen LogP contribution >= 0.6 is 0 Å². The minimum atomic E-state index is -0.411. The maximum atomic E-state index is 9.28. The van der Waals surface area contributed by atoms with Gasteiger partial charge in [0.1, 0.15) is 5.54 Å². The molecule has 0 saturated heterocycles. The molecule has 17 heavy (non-hydrogen) atoms. The predicted molar refractivity (Wildman–Crippen MR) is 66.5 cm³/mol. The molecule has 1 aromatic rings. The number of rotatable bonds is 5. The van der Waals surface area contributed by atoms with Crippen LogP contribution in [0, 0.1) is 25.2 Å². The van der Waals surface area contributed by atoms with Crippen LogP contribution in [0.4, 0.5) is 0 Å². The van der Waals surface area contributed by atoms with Crippen LogP contribution in [0.3, 0.4) is 0 Å². The first-order chi connectivity index (χ1) is 8.04. The summed E-state index contributed by atoms with van der Waals surface area (Å²) in [6, 6.07) is 2.96. The molecule has 2 rings (SSSR count). The monoisotopic (exact) mass is 232 g/mol. The molecule has 1 N–H and O–H groups in total. The molecule has 0 spiro atoms. The van der Waals surface area contributed by atoms with Crippen molar-refractivity contribution in [2.24, 2.45) is 0 Å². The molecular weight excluding hydrogens is 212 g/mol. The van der Waals surface area contributed by atoms with Crippen molar-refractivity contribution in [2.45, 2.75) is 58.2 Å². The van der Waals surface area contributed by atoms with Gasteiger partial charge >= 0.3 is 0 Å². The fraction of sp³-hybridized carbons (Fsp3) is 0.692. The van der Waals surface area contributed by atoms with Crippen LogP contribution in [0.2, 0.25) is 0 Å². The van der Waals surface area contributed by atoms with Gasteiger partial charge in [-0.15, -0.1) is 0 Å². The maximum absolute atomic E-state index is 9.28. The van der Waals surface area contributed by atoms with E-state index in [0.717, 1.165) is 18.7 Å². The Labute approximate surface area is 103 Å². The van der Waals surface area contributed by atoms with Gasteiger partial charge in [0.05, 0.1) is 18.1 Å². The lowest BCUT2D eigenvalue weighted by atomic mass is 9.99. The van der Waals surface area contributed by atoms with Gasteiger partial charge in [0.25, 0.3) is 0 Å².